The molecule has 0 radical (unpaired) electrons. The molecule has 2 atom stereocenters. The molecule has 2 nitrogen and oxygen atoms in total. The Labute approximate surface area is 69.1 Å². The summed E-state index contributed by atoms with van der Waals surface area (Å²) in [5.74, 6) is 2.12. The number of hydrogen-bond donors (Lipinski definition) is 1. The summed E-state index contributed by atoms with van der Waals surface area (Å²) in [5, 5.41) is 0. The van der Waals surface area contributed by atoms with Crippen molar-refractivity contribution in [3.63, 3.8) is 0 Å². The number of hydrogen-bond acceptors (Lipinski definition) is 2. The van der Waals surface area contributed by atoms with Crippen molar-refractivity contribution in [1.29, 1.82) is 0 Å². The van der Waals surface area contributed by atoms with E-state index in [0.717, 1.165) is 31.6 Å². The predicted molar refractivity (Wildman–Crippen MR) is 46.3 cm³/mol. The second kappa shape index (κ2) is 4.07. The van der Waals surface area contributed by atoms with Crippen LogP contribution in [0.1, 0.15) is 20.3 Å². The minimum absolute atomic E-state index is 0.623. The molecule has 0 spiro atoms. The van der Waals surface area contributed by atoms with Gasteiger partial charge in [-0.15, -0.1) is 0 Å². The van der Waals surface area contributed by atoms with Gasteiger partial charge in [-0.3, -0.25) is 0 Å². The van der Waals surface area contributed by atoms with E-state index in [9.17, 15) is 0 Å². The van der Waals surface area contributed by atoms with Crippen molar-refractivity contribution in [3.05, 3.63) is 0 Å². The lowest BCUT2D eigenvalue weighted by Gasteiger charge is -2.17. The molecule has 1 fully saturated rings. The minimum Gasteiger partial charge on any atom is -0.381 e. The fourth-order valence-electron chi connectivity index (χ4n) is 1.77. The highest BCUT2D eigenvalue weighted by Gasteiger charge is 2.27. The fraction of sp³-hybridized carbons (Fsp3) is 1.00. The Bertz CT molecular complexity index is 114. The Morgan fingerprint density at radius 3 is 2.55 bits per heavy atom. The zero-order valence-electron chi connectivity index (χ0n) is 7.55. The normalized spacial score (nSPS) is 31.6. The van der Waals surface area contributed by atoms with Crippen molar-refractivity contribution < 1.29 is 4.74 Å². The Balaban J connectivity index is 2.31. The quantitative estimate of drug-likeness (QED) is 0.669. The molecule has 1 aliphatic rings. The van der Waals surface area contributed by atoms with Crippen molar-refractivity contribution >= 4 is 0 Å². The molecule has 2 N–H and O–H groups in total. The van der Waals surface area contributed by atoms with Crippen molar-refractivity contribution in [1.82, 2.24) is 0 Å². The SMILES string of the molecule is CC(C)CC1COCC1CN. The minimum atomic E-state index is 0.623. The Hall–Kier alpha value is -0.0800. The van der Waals surface area contributed by atoms with Crippen LogP contribution in [0.25, 0.3) is 0 Å². The molecule has 0 amide bonds. The number of rotatable bonds is 3. The van der Waals surface area contributed by atoms with Crippen molar-refractivity contribution in [3.8, 4) is 0 Å². The maximum Gasteiger partial charge on any atom is 0.0509 e. The van der Waals surface area contributed by atoms with E-state index in [1.54, 1.807) is 0 Å². The Morgan fingerprint density at radius 1 is 1.36 bits per heavy atom. The first-order valence-electron chi connectivity index (χ1n) is 4.51. The van der Waals surface area contributed by atoms with Gasteiger partial charge in [0.1, 0.15) is 0 Å². The van der Waals surface area contributed by atoms with Crippen LogP contribution in [-0.4, -0.2) is 19.8 Å². The average Bonchev–Trinajstić information content (AvgIpc) is 2.34. The Morgan fingerprint density at radius 2 is 2.00 bits per heavy atom. The lowest BCUT2D eigenvalue weighted by Crippen LogP contribution is -2.22. The molecule has 11 heavy (non-hydrogen) atoms. The van der Waals surface area contributed by atoms with Crippen molar-refractivity contribution in [2.45, 2.75) is 20.3 Å². The lowest BCUT2D eigenvalue weighted by molar-refractivity contribution is 0.178. The summed E-state index contributed by atoms with van der Waals surface area (Å²) >= 11 is 0. The van der Waals surface area contributed by atoms with E-state index in [0.29, 0.717) is 5.92 Å². The van der Waals surface area contributed by atoms with Gasteiger partial charge < -0.3 is 10.5 Å². The van der Waals surface area contributed by atoms with Crippen LogP contribution in [0, 0.1) is 17.8 Å². The van der Waals surface area contributed by atoms with Gasteiger partial charge in [-0.2, -0.15) is 0 Å². The largest absolute Gasteiger partial charge is 0.381 e. The summed E-state index contributed by atoms with van der Waals surface area (Å²) in [6.07, 6.45) is 1.27. The monoisotopic (exact) mass is 157 g/mol. The number of ether oxygens (including phenoxy) is 1. The highest BCUT2D eigenvalue weighted by Crippen LogP contribution is 2.25. The maximum absolute atomic E-state index is 5.62. The second-order valence-corrected chi connectivity index (χ2v) is 3.92. The molecule has 0 saturated carbocycles. The molecule has 66 valence electrons. The summed E-state index contributed by atoms with van der Waals surface area (Å²) < 4.78 is 5.38. The molecular weight excluding hydrogens is 138 g/mol. The van der Waals surface area contributed by atoms with E-state index >= 15 is 0 Å². The average molecular weight is 157 g/mol. The molecule has 1 rings (SSSR count). The molecule has 0 aromatic heterocycles. The van der Waals surface area contributed by atoms with Crippen LogP contribution in [0.2, 0.25) is 0 Å². The molecule has 1 heterocycles. The molecule has 2 unspecified atom stereocenters. The fourth-order valence-corrected chi connectivity index (χ4v) is 1.77. The van der Waals surface area contributed by atoms with Gasteiger partial charge in [0.15, 0.2) is 0 Å². The number of nitrogens with two attached hydrogens (primary N) is 1. The van der Waals surface area contributed by atoms with Crippen LogP contribution in [0.5, 0.6) is 0 Å². The molecular formula is C9H19NO. The van der Waals surface area contributed by atoms with E-state index < -0.39 is 0 Å². The van der Waals surface area contributed by atoms with Crippen molar-refractivity contribution in [2.24, 2.45) is 23.5 Å². The van der Waals surface area contributed by atoms with Gasteiger partial charge in [-0.05, 0) is 30.7 Å². The van der Waals surface area contributed by atoms with Crippen molar-refractivity contribution in [2.75, 3.05) is 19.8 Å². The van der Waals surface area contributed by atoms with Gasteiger partial charge in [0.05, 0.1) is 6.61 Å². The first-order chi connectivity index (χ1) is 5.24. The van der Waals surface area contributed by atoms with Crippen LogP contribution >= 0.6 is 0 Å². The van der Waals surface area contributed by atoms with Gasteiger partial charge in [0.25, 0.3) is 0 Å². The zero-order valence-corrected chi connectivity index (χ0v) is 7.55. The highest BCUT2D eigenvalue weighted by molar-refractivity contribution is 4.76. The molecule has 1 aliphatic heterocycles. The first-order valence-corrected chi connectivity index (χ1v) is 4.51. The van der Waals surface area contributed by atoms with E-state index in [4.69, 9.17) is 10.5 Å². The van der Waals surface area contributed by atoms with Gasteiger partial charge in [-0.1, -0.05) is 13.8 Å². The van der Waals surface area contributed by atoms with Crippen LogP contribution in [-0.2, 0) is 4.74 Å². The standard InChI is InChI=1S/C9H19NO/c1-7(2)3-8-5-11-6-9(8)4-10/h7-9H,3-6,10H2,1-2H3. The maximum atomic E-state index is 5.62. The predicted octanol–water partition coefficient (Wildman–Crippen LogP) is 1.25. The third-order valence-corrected chi connectivity index (χ3v) is 2.41. The van der Waals surface area contributed by atoms with Gasteiger partial charge in [0.2, 0.25) is 0 Å². The van der Waals surface area contributed by atoms with Gasteiger partial charge >= 0.3 is 0 Å². The van der Waals surface area contributed by atoms with Crippen LogP contribution in [0.3, 0.4) is 0 Å². The smallest absolute Gasteiger partial charge is 0.0509 e. The van der Waals surface area contributed by atoms with E-state index in [1.807, 2.05) is 0 Å². The van der Waals surface area contributed by atoms with Crippen LogP contribution < -0.4 is 5.73 Å². The Kier molecular flexibility index (Phi) is 3.34. The zero-order chi connectivity index (χ0) is 8.27. The van der Waals surface area contributed by atoms with E-state index in [-0.39, 0.29) is 0 Å². The molecule has 0 aromatic rings. The topological polar surface area (TPSA) is 35.2 Å². The summed E-state index contributed by atoms with van der Waals surface area (Å²) in [4.78, 5) is 0. The second-order valence-electron chi connectivity index (χ2n) is 3.92. The summed E-state index contributed by atoms with van der Waals surface area (Å²) in [6.45, 7) is 7.11. The first kappa shape index (κ1) is 9.01. The third kappa shape index (κ3) is 2.46. The summed E-state index contributed by atoms with van der Waals surface area (Å²) in [6, 6.07) is 0. The third-order valence-electron chi connectivity index (χ3n) is 2.41. The molecule has 2 heteroatoms. The van der Waals surface area contributed by atoms with Gasteiger partial charge in [0, 0.05) is 6.61 Å². The van der Waals surface area contributed by atoms with Gasteiger partial charge in [-0.25, -0.2) is 0 Å². The van der Waals surface area contributed by atoms with E-state index in [1.165, 1.54) is 6.42 Å². The molecule has 0 aromatic carbocycles. The summed E-state index contributed by atoms with van der Waals surface area (Å²) in [7, 11) is 0. The molecule has 0 aliphatic carbocycles. The molecule has 1 saturated heterocycles. The molecule has 0 bridgehead atoms. The van der Waals surface area contributed by atoms with Crippen LogP contribution in [0.4, 0.5) is 0 Å². The lowest BCUT2D eigenvalue weighted by atomic mass is 9.88. The van der Waals surface area contributed by atoms with E-state index in [2.05, 4.69) is 13.8 Å². The summed E-state index contributed by atoms with van der Waals surface area (Å²) in [5.41, 5.74) is 5.62. The highest BCUT2D eigenvalue weighted by atomic mass is 16.5. The van der Waals surface area contributed by atoms with Crippen LogP contribution in [0.15, 0.2) is 0 Å².